The molecule has 1 aliphatic heterocycles. The number of hydrogen-bond acceptors (Lipinski definition) is 3. The molecule has 0 aliphatic carbocycles. The first-order valence-corrected chi connectivity index (χ1v) is 9.26. The van der Waals surface area contributed by atoms with Crippen molar-refractivity contribution >= 4 is 23.2 Å². The lowest BCUT2D eigenvalue weighted by Crippen LogP contribution is -2.25. The average molecular weight is 374 g/mol. The van der Waals surface area contributed by atoms with E-state index in [0.717, 1.165) is 28.9 Å². The van der Waals surface area contributed by atoms with Crippen molar-refractivity contribution in [1.82, 2.24) is 9.78 Å². The molecule has 6 heteroatoms. The summed E-state index contributed by atoms with van der Waals surface area (Å²) in [5.74, 6) is -0.268. The Morgan fingerprint density at radius 1 is 1.07 bits per heavy atom. The lowest BCUT2D eigenvalue weighted by atomic mass is 10.1. The average Bonchev–Trinajstić information content (AvgIpc) is 3.26. The Bertz CT molecular complexity index is 1070. The van der Waals surface area contributed by atoms with Gasteiger partial charge < -0.3 is 10.2 Å². The number of carbonyl (C=O) groups excluding carboxylic acids is 2. The van der Waals surface area contributed by atoms with E-state index in [-0.39, 0.29) is 11.8 Å². The number of carbonyl (C=O) groups is 2. The maximum atomic E-state index is 12.7. The molecule has 6 nitrogen and oxygen atoms in total. The third-order valence-corrected chi connectivity index (χ3v) is 5.08. The molecular weight excluding hydrogens is 352 g/mol. The van der Waals surface area contributed by atoms with Crippen LogP contribution in [0.3, 0.4) is 0 Å². The molecule has 142 valence electrons. The van der Waals surface area contributed by atoms with Crippen LogP contribution in [-0.4, -0.2) is 28.1 Å². The largest absolute Gasteiger partial charge is 0.321 e. The van der Waals surface area contributed by atoms with Gasteiger partial charge in [-0.3, -0.25) is 14.3 Å². The van der Waals surface area contributed by atoms with Gasteiger partial charge in [0.25, 0.3) is 5.91 Å². The Morgan fingerprint density at radius 2 is 1.82 bits per heavy atom. The highest BCUT2D eigenvalue weighted by molar-refractivity contribution is 6.04. The van der Waals surface area contributed by atoms with E-state index < -0.39 is 0 Å². The summed E-state index contributed by atoms with van der Waals surface area (Å²) < 4.78 is 1.71. The third kappa shape index (κ3) is 3.29. The maximum Gasteiger partial charge on any atom is 0.276 e. The van der Waals surface area contributed by atoms with Crippen molar-refractivity contribution in [3.63, 3.8) is 0 Å². The van der Waals surface area contributed by atoms with Crippen LogP contribution in [0.2, 0.25) is 0 Å². The zero-order valence-corrected chi connectivity index (χ0v) is 16.2. The van der Waals surface area contributed by atoms with Crippen molar-refractivity contribution in [3.05, 3.63) is 65.4 Å². The predicted octanol–water partition coefficient (Wildman–Crippen LogP) is 3.56. The van der Waals surface area contributed by atoms with Crippen LogP contribution in [0.15, 0.2) is 48.5 Å². The Morgan fingerprint density at radius 3 is 2.54 bits per heavy atom. The summed E-state index contributed by atoms with van der Waals surface area (Å²) in [6, 6.07) is 15.6. The Hall–Kier alpha value is -3.41. The molecule has 4 rings (SSSR count). The number of benzene rings is 2. The van der Waals surface area contributed by atoms with E-state index in [0.29, 0.717) is 17.9 Å². The maximum absolute atomic E-state index is 12.7. The third-order valence-electron chi connectivity index (χ3n) is 5.08. The minimum absolute atomic E-state index is 0.00897. The van der Waals surface area contributed by atoms with E-state index in [2.05, 4.69) is 10.4 Å². The molecule has 0 bridgehead atoms. The first-order valence-electron chi connectivity index (χ1n) is 9.26. The lowest BCUT2D eigenvalue weighted by Gasteiger charge is -2.15. The van der Waals surface area contributed by atoms with E-state index in [1.165, 1.54) is 5.56 Å². The molecule has 1 N–H and O–H groups in total. The SMILES string of the molecule is CC(=O)N1CCc2ccc(NC(=O)c3cc(-c4ccc(C)cc4)n(C)n3)cc21. The molecule has 0 radical (unpaired) electrons. The van der Waals surface area contributed by atoms with Gasteiger partial charge in [-0.15, -0.1) is 0 Å². The molecule has 2 aromatic carbocycles. The van der Waals surface area contributed by atoms with Gasteiger partial charge in [-0.05, 0) is 42.7 Å². The zero-order chi connectivity index (χ0) is 19.8. The smallest absolute Gasteiger partial charge is 0.276 e. The Labute approximate surface area is 163 Å². The minimum Gasteiger partial charge on any atom is -0.321 e. The molecule has 0 atom stereocenters. The van der Waals surface area contributed by atoms with Crippen LogP contribution < -0.4 is 10.2 Å². The van der Waals surface area contributed by atoms with Gasteiger partial charge in [0.1, 0.15) is 0 Å². The molecule has 1 aliphatic rings. The highest BCUT2D eigenvalue weighted by Crippen LogP contribution is 2.31. The Kier molecular flexibility index (Phi) is 4.47. The van der Waals surface area contributed by atoms with Gasteiger partial charge in [-0.2, -0.15) is 5.10 Å². The number of anilines is 2. The van der Waals surface area contributed by atoms with Crippen molar-refractivity contribution in [2.24, 2.45) is 7.05 Å². The van der Waals surface area contributed by atoms with Gasteiger partial charge >= 0.3 is 0 Å². The Balaban J connectivity index is 1.57. The van der Waals surface area contributed by atoms with Gasteiger partial charge in [0, 0.05) is 31.9 Å². The van der Waals surface area contributed by atoms with E-state index in [1.807, 2.05) is 56.4 Å². The number of nitrogens with one attached hydrogen (secondary N) is 1. The van der Waals surface area contributed by atoms with E-state index >= 15 is 0 Å². The number of rotatable bonds is 3. The topological polar surface area (TPSA) is 67.2 Å². The fraction of sp³-hybridized carbons (Fsp3) is 0.227. The second-order valence-corrected chi connectivity index (χ2v) is 7.12. The van der Waals surface area contributed by atoms with Crippen molar-refractivity contribution in [2.75, 3.05) is 16.8 Å². The van der Waals surface area contributed by atoms with Crippen LogP contribution in [0.25, 0.3) is 11.3 Å². The van der Waals surface area contributed by atoms with Crippen LogP contribution in [0.1, 0.15) is 28.5 Å². The van der Waals surface area contributed by atoms with Crippen LogP contribution in [0.4, 0.5) is 11.4 Å². The van der Waals surface area contributed by atoms with Crippen LogP contribution in [0, 0.1) is 6.92 Å². The molecule has 0 saturated heterocycles. The van der Waals surface area contributed by atoms with Gasteiger partial charge in [0.05, 0.1) is 5.69 Å². The number of amides is 2. The molecule has 2 heterocycles. The van der Waals surface area contributed by atoms with Gasteiger partial charge in [-0.25, -0.2) is 0 Å². The van der Waals surface area contributed by atoms with E-state index in [9.17, 15) is 9.59 Å². The van der Waals surface area contributed by atoms with Gasteiger partial charge in [0.15, 0.2) is 5.69 Å². The minimum atomic E-state index is -0.277. The van der Waals surface area contributed by atoms with Gasteiger partial charge in [0.2, 0.25) is 5.91 Å². The number of hydrogen-bond donors (Lipinski definition) is 1. The molecular formula is C22H22N4O2. The number of fused-ring (bicyclic) bond motifs is 1. The molecule has 3 aromatic rings. The van der Waals surface area contributed by atoms with Crippen LogP contribution in [-0.2, 0) is 18.3 Å². The summed E-state index contributed by atoms with van der Waals surface area (Å²) in [5, 5.41) is 7.26. The molecule has 1 aromatic heterocycles. The first-order chi connectivity index (χ1) is 13.4. The first kappa shape index (κ1) is 18.0. The lowest BCUT2D eigenvalue weighted by molar-refractivity contribution is -0.116. The summed E-state index contributed by atoms with van der Waals surface area (Å²) in [6.45, 7) is 4.28. The van der Waals surface area contributed by atoms with Crippen molar-refractivity contribution < 1.29 is 9.59 Å². The number of nitrogens with zero attached hydrogens (tertiary/aromatic N) is 3. The molecule has 2 amide bonds. The predicted molar refractivity (Wildman–Crippen MR) is 110 cm³/mol. The zero-order valence-electron chi connectivity index (χ0n) is 16.2. The second-order valence-electron chi connectivity index (χ2n) is 7.12. The highest BCUT2D eigenvalue weighted by Gasteiger charge is 2.23. The molecule has 28 heavy (non-hydrogen) atoms. The number of aromatic nitrogens is 2. The van der Waals surface area contributed by atoms with E-state index in [1.54, 1.807) is 22.6 Å². The highest BCUT2D eigenvalue weighted by atomic mass is 16.2. The summed E-state index contributed by atoms with van der Waals surface area (Å²) in [5.41, 5.74) is 6.05. The summed E-state index contributed by atoms with van der Waals surface area (Å²) >= 11 is 0. The van der Waals surface area contributed by atoms with Crippen molar-refractivity contribution in [1.29, 1.82) is 0 Å². The fourth-order valence-corrected chi connectivity index (χ4v) is 3.55. The summed E-state index contributed by atoms with van der Waals surface area (Å²) in [7, 11) is 1.83. The van der Waals surface area contributed by atoms with Crippen LogP contribution in [0.5, 0.6) is 0 Å². The van der Waals surface area contributed by atoms with Crippen molar-refractivity contribution in [3.8, 4) is 11.3 Å². The molecule has 0 fully saturated rings. The normalized spacial score (nSPS) is 12.8. The fourth-order valence-electron chi connectivity index (χ4n) is 3.55. The van der Waals surface area contributed by atoms with Gasteiger partial charge in [-0.1, -0.05) is 35.9 Å². The molecule has 0 saturated carbocycles. The quantitative estimate of drug-likeness (QED) is 0.762. The summed E-state index contributed by atoms with van der Waals surface area (Å²) in [6.07, 6.45) is 0.837. The molecule has 0 spiro atoms. The van der Waals surface area contributed by atoms with E-state index in [4.69, 9.17) is 0 Å². The number of aryl methyl sites for hydroxylation is 2. The van der Waals surface area contributed by atoms with Crippen LogP contribution >= 0.6 is 0 Å². The monoisotopic (exact) mass is 374 g/mol. The molecule has 0 unspecified atom stereocenters. The van der Waals surface area contributed by atoms with Crippen molar-refractivity contribution in [2.45, 2.75) is 20.3 Å². The second kappa shape index (κ2) is 6.96. The standard InChI is InChI=1S/C22H22N4O2/c1-14-4-6-16(7-5-14)20-13-19(24-25(20)3)22(28)23-18-9-8-17-10-11-26(15(2)27)21(17)12-18/h4-9,12-13H,10-11H2,1-3H3,(H,23,28). The summed E-state index contributed by atoms with van der Waals surface area (Å²) in [4.78, 5) is 26.2.